The molecule has 2 aromatic heterocycles. The molecule has 0 atom stereocenters. The van der Waals surface area contributed by atoms with E-state index in [1.165, 1.54) is 30.5 Å². The van der Waals surface area contributed by atoms with E-state index in [2.05, 4.69) is 14.8 Å². The predicted molar refractivity (Wildman–Crippen MR) is 97.9 cm³/mol. The average Bonchev–Trinajstić information content (AvgIpc) is 3.12. The molecule has 0 amide bonds. The molecule has 6 nitrogen and oxygen atoms in total. The number of carboxylic acid groups (broad SMARTS) is 1. The van der Waals surface area contributed by atoms with Gasteiger partial charge in [0.2, 0.25) is 0 Å². The molecule has 152 valence electrons. The Morgan fingerprint density at radius 2 is 1.79 bits per heavy atom. The first-order chi connectivity index (χ1) is 13.8. The van der Waals surface area contributed by atoms with Crippen LogP contribution in [0.1, 0.15) is 54.1 Å². The van der Waals surface area contributed by atoms with Crippen LogP contribution in [-0.2, 0) is 0 Å². The van der Waals surface area contributed by atoms with Crippen molar-refractivity contribution in [3.05, 3.63) is 47.9 Å². The fourth-order valence-electron chi connectivity index (χ4n) is 3.93. The standard InChI is InChI=1S/C20H18F3N3O3/c21-20(22,23)29-14-8-6-12(7-9-14)15-10-24-18-16(19(27)28)11-25-26(18)17(15)13-4-2-1-3-5-13/h6-11,13H,1-5H2,(H,27,28). The molecular weight excluding hydrogens is 387 g/mol. The molecule has 1 aliphatic rings. The summed E-state index contributed by atoms with van der Waals surface area (Å²) in [5, 5.41) is 13.7. The summed E-state index contributed by atoms with van der Waals surface area (Å²) in [6.45, 7) is 0. The lowest BCUT2D eigenvalue weighted by Crippen LogP contribution is -2.17. The number of carboxylic acids is 1. The van der Waals surface area contributed by atoms with E-state index in [-0.39, 0.29) is 22.9 Å². The van der Waals surface area contributed by atoms with Crippen molar-refractivity contribution in [2.45, 2.75) is 44.4 Å². The summed E-state index contributed by atoms with van der Waals surface area (Å²) in [5.41, 5.74) is 2.51. The Labute approximate surface area is 163 Å². The van der Waals surface area contributed by atoms with Gasteiger partial charge in [-0.05, 0) is 30.5 Å². The summed E-state index contributed by atoms with van der Waals surface area (Å²) in [7, 11) is 0. The zero-order valence-corrected chi connectivity index (χ0v) is 15.3. The van der Waals surface area contributed by atoms with Gasteiger partial charge in [-0.1, -0.05) is 31.4 Å². The lowest BCUT2D eigenvalue weighted by molar-refractivity contribution is -0.274. The van der Waals surface area contributed by atoms with Gasteiger partial charge >= 0.3 is 12.3 Å². The third-order valence-corrected chi connectivity index (χ3v) is 5.19. The summed E-state index contributed by atoms with van der Waals surface area (Å²) >= 11 is 0. The van der Waals surface area contributed by atoms with E-state index in [0.717, 1.165) is 43.4 Å². The number of benzene rings is 1. The first-order valence-electron chi connectivity index (χ1n) is 9.29. The second-order valence-electron chi connectivity index (χ2n) is 7.06. The van der Waals surface area contributed by atoms with Crippen LogP contribution in [0.2, 0.25) is 0 Å². The molecule has 1 N–H and O–H groups in total. The molecule has 1 fully saturated rings. The van der Waals surface area contributed by atoms with Crippen molar-refractivity contribution in [3.63, 3.8) is 0 Å². The van der Waals surface area contributed by atoms with Crippen LogP contribution in [0.3, 0.4) is 0 Å². The van der Waals surface area contributed by atoms with E-state index in [9.17, 15) is 23.1 Å². The van der Waals surface area contributed by atoms with Crippen LogP contribution in [0, 0.1) is 0 Å². The molecule has 4 rings (SSSR count). The van der Waals surface area contributed by atoms with Crippen molar-refractivity contribution in [1.29, 1.82) is 0 Å². The maximum atomic E-state index is 12.4. The smallest absolute Gasteiger partial charge is 0.477 e. The Morgan fingerprint density at radius 1 is 1.10 bits per heavy atom. The number of aromatic nitrogens is 3. The number of rotatable bonds is 4. The summed E-state index contributed by atoms with van der Waals surface area (Å²) in [4.78, 5) is 15.8. The number of hydrogen-bond donors (Lipinski definition) is 1. The normalized spacial score (nSPS) is 15.6. The van der Waals surface area contributed by atoms with Crippen LogP contribution in [0.5, 0.6) is 5.75 Å². The Hall–Kier alpha value is -3.10. The Morgan fingerprint density at radius 3 is 2.41 bits per heavy atom. The van der Waals surface area contributed by atoms with Crippen LogP contribution in [0.15, 0.2) is 36.7 Å². The number of ether oxygens (including phenoxy) is 1. The molecule has 2 heterocycles. The number of fused-ring (bicyclic) bond motifs is 1. The molecule has 0 aliphatic heterocycles. The van der Waals surface area contributed by atoms with Crippen LogP contribution in [0.25, 0.3) is 16.8 Å². The molecular formula is C20H18F3N3O3. The van der Waals surface area contributed by atoms with E-state index in [0.29, 0.717) is 5.56 Å². The van der Waals surface area contributed by atoms with E-state index in [1.54, 1.807) is 10.7 Å². The quantitative estimate of drug-likeness (QED) is 0.658. The van der Waals surface area contributed by atoms with Crippen LogP contribution >= 0.6 is 0 Å². The highest BCUT2D eigenvalue weighted by Gasteiger charge is 2.31. The van der Waals surface area contributed by atoms with E-state index in [1.807, 2.05) is 0 Å². The SMILES string of the molecule is O=C(O)c1cnn2c(C3CCCCC3)c(-c3ccc(OC(F)(F)F)cc3)cnc12. The Bertz CT molecular complexity index is 1040. The second-order valence-corrected chi connectivity index (χ2v) is 7.06. The molecule has 0 bridgehead atoms. The monoisotopic (exact) mass is 405 g/mol. The van der Waals surface area contributed by atoms with E-state index < -0.39 is 12.3 Å². The lowest BCUT2D eigenvalue weighted by atomic mass is 9.84. The van der Waals surface area contributed by atoms with Gasteiger partial charge in [0.1, 0.15) is 11.3 Å². The molecule has 0 spiro atoms. The number of aromatic carboxylic acids is 1. The maximum absolute atomic E-state index is 12.4. The molecule has 1 aromatic carbocycles. The third kappa shape index (κ3) is 3.90. The van der Waals surface area contributed by atoms with Gasteiger partial charge in [0.15, 0.2) is 5.65 Å². The average molecular weight is 405 g/mol. The highest BCUT2D eigenvalue weighted by atomic mass is 19.4. The number of halogens is 3. The van der Waals surface area contributed by atoms with E-state index >= 15 is 0 Å². The fraction of sp³-hybridized carbons (Fsp3) is 0.350. The van der Waals surface area contributed by atoms with Gasteiger partial charge in [0.05, 0.1) is 11.9 Å². The molecule has 0 radical (unpaired) electrons. The van der Waals surface area contributed by atoms with Gasteiger partial charge in [0, 0.05) is 17.7 Å². The van der Waals surface area contributed by atoms with Gasteiger partial charge in [0.25, 0.3) is 0 Å². The molecule has 29 heavy (non-hydrogen) atoms. The topological polar surface area (TPSA) is 76.7 Å². The fourth-order valence-corrected chi connectivity index (χ4v) is 3.93. The summed E-state index contributed by atoms with van der Waals surface area (Å²) in [6, 6.07) is 5.59. The zero-order valence-electron chi connectivity index (χ0n) is 15.3. The summed E-state index contributed by atoms with van der Waals surface area (Å²) in [5.74, 6) is -1.25. The number of nitrogens with zero attached hydrogens (tertiary/aromatic N) is 3. The van der Waals surface area contributed by atoms with Gasteiger partial charge in [-0.15, -0.1) is 13.2 Å². The summed E-state index contributed by atoms with van der Waals surface area (Å²) < 4.78 is 42.8. The summed E-state index contributed by atoms with van der Waals surface area (Å²) in [6.07, 6.45) is 3.22. The minimum Gasteiger partial charge on any atom is -0.477 e. The lowest BCUT2D eigenvalue weighted by Gasteiger charge is -2.25. The largest absolute Gasteiger partial charge is 0.573 e. The second kappa shape index (κ2) is 7.38. The zero-order chi connectivity index (χ0) is 20.6. The van der Waals surface area contributed by atoms with Crippen molar-refractivity contribution in [2.75, 3.05) is 0 Å². The minimum absolute atomic E-state index is 0.0162. The first-order valence-corrected chi connectivity index (χ1v) is 9.29. The van der Waals surface area contributed by atoms with Crippen molar-refractivity contribution in [1.82, 2.24) is 14.6 Å². The molecule has 1 aliphatic carbocycles. The number of hydrogen-bond acceptors (Lipinski definition) is 4. The van der Waals surface area contributed by atoms with E-state index in [4.69, 9.17) is 0 Å². The maximum Gasteiger partial charge on any atom is 0.573 e. The highest BCUT2D eigenvalue weighted by molar-refractivity contribution is 5.94. The van der Waals surface area contributed by atoms with Gasteiger partial charge in [-0.2, -0.15) is 5.10 Å². The number of carbonyl (C=O) groups is 1. The van der Waals surface area contributed by atoms with Crippen molar-refractivity contribution < 1.29 is 27.8 Å². The van der Waals surface area contributed by atoms with Gasteiger partial charge in [-0.25, -0.2) is 14.3 Å². The van der Waals surface area contributed by atoms with Crippen LogP contribution in [-0.4, -0.2) is 32.0 Å². The predicted octanol–water partition coefficient (Wildman–Crippen LogP) is 5.04. The third-order valence-electron chi connectivity index (χ3n) is 5.19. The first kappa shape index (κ1) is 19.2. The van der Waals surface area contributed by atoms with Crippen molar-refractivity contribution >= 4 is 11.6 Å². The van der Waals surface area contributed by atoms with Gasteiger partial charge < -0.3 is 9.84 Å². The molecule has 0 saturated heterocycles. The highest BCUT2D eigenvalue weighted by Crippen LogP contribution is 2.38. The van der Waals surface area contributed by atoms with Gasteiger partial charge in [-0.3, -0.25) is 0 Å². The Balaban J connectivity index is 1.82. The minimum atomic E-state index is -4.75. The Kier molecular flexibility index (Phi) is 4.89. The van der Waals surface area contributed by atoms with Crippen LogP contribution in [0.4, 0.5) is 13.2 Å². The molecule has 9 heteroatoms. The molecule has 1 saturated carbocycles. The van der Waals surface area contributed by atoms with Crippen LogP contribution < -0.4 is 4.74 Å². The van der Waals surface area contributed by atoms with Crippen molar-refractivity contribution in [2.24, 2.45) is 0 Å². The molecule has 0 unspecified atom stereocenters. The number of alkyl halides is 3. The molecule has 3 aromatic rings. The van der Waals surface area contributed by atoms with Crippen molar-refractivity contribution in [3.8, 4) is 16.9 Å².